The highest BCUT2D eigenvalue weighted by Gasteiger charge is 2.02. The second kappa shape index (κ2) is 6.82. The predicted octanol–water partition coefficient (Wildman–Crippen LogP) is 1.50. The van der Waals surface area contributed by atoms with E-state index < -0.39 is 0 Å². The van der Waals surface area contributed by atoms with Crippen LogP contribution < -0.4 is 5.32 Å². The molecule has 1 N–H and O–H groups in total. The fraction of sp³-hybridized carbons (Fsp3) is 0.909. The minimum atomic E-state index is 1.02. The Bertz CT molecular complexity index is 175. The van der Waals surface area contributed by atoms with Gasteiger partial charge in [-0.25, -0.2) is 0 Å². The lowest BCUT2D eigenvalue weighted by Gasteiger charge is -2.11. The summed E-state index contributed by atoms with van der Waals surface area (Å²) in [6.07, 6.45) is 6.27. The van der Waals surface area contributed by atoms with Crippen LogP contribution in [0.1, 0.15) is 32.1 Å². The van der Waals surface area contributed by atoms with E-state index in [2.05, 4.69) is 29.3 Å². The van der Waals surface area contributed by atoms with Crippen molar-refractivity contribution in [3.8, 4) is 0 Å². The minimum absolute atomic E-state index is 1.02. The summed E-state index contributed by atoms with van der Waals surface area (Å²) in [6.45, 7) is 3.24. The van der Waals surface area contributed by atoms with Gasteiger partial charge in [0.2, 0.25) is 0 Å². The van der Waals surface area contributed by atoms with E-state index in [4.69, 9.17) is 0 Å². The van der Waals surface area contributed by atoms with Crippen molar-refractivity contribution in [2.75, 3.05) is 33.7 Å². The van der Waals surface area contributed by atoms with Crippen LogP contribution in [-0.2, 0) is 0 Å². The van der Waals surface area contributed by atoms with Gasteiger partial charge in [0.1, 0.15) is 0 Å². The molecule has 1 aliphatic heterocycles. The number of nitrogens with one attached hydrogen (secondary N) is 1. The maximum atomic E-state index is 4.53. The molecular formula is C11H23N3. The van der Waals surface area contributed by atoms with Crippen LogP contribution in [-0.4, -0.2) is 44.5 Å². The van der Waals surface area contributed by atoms with E-state index in [1.54, 1.807) is 0 Å². The van der Waals surface area contributed by atoms with E-state index in [0.717, 1.165) is 26.1 Å². The summed E-state index contributed by atoms with van der Waals surface area (Å²) in [5.41, 5.74) is 0. The van der Waals surface area contributed by atoms with Gasteiger partial charge in [0, 0.05) is 19.5 Å². The van der Waals surface area contributed by atoms with E-state index in [1.165, 1.54) is 31.5 Å². The fourth-order valence-electron chi connectivity index (χ4n) is 1.65. The van der Waals surface area contributed by atoms with Crippen molar-refractivity contribution in [2.45, 2.75) is 32.1 Å². The Morgan fingerprint density at radius 3 is 2.93 bits per heavy atom. The Hall–Kier alpha value is -0.570. The van der Waals surface area contributed by atoms with Crippen molar-refractivity contribution in [1.82, 2.24) is 10.2 Å². The summed E-state index contributed by atoms with van der Waals surface area (Å²) in [4.78, 5) is 6.75. The highest BCUT2D eigenvalue weighted by atomic mass is 15.1. The molecule has 0 saturated carbocycles. The molecular weight excluding hydrogens is 174 g/mol. The quantitative estimate of drug-likeness (QED) is 0.692. The molecule has 0 spiro atoms. The van der Waals surface area contributed by atoms with Crippen molar-refractivity contribution >= 4 is 5.84 Å². The lowest BCUT2D eigenvalue weighted by molar-refractivity contribution is 0.400. The molecule has 14 heavy (non-hydrogen) atoms. The van der Waals surface area contributed by atoms with Crippen molar-refractivity contribution < 1.29 is 0 Å². The van der Waals surface area contributed by atoms with Crippen LogP contribution in [0.5, 0.6) is 0 Å². The van der Waals surface area contributed by atoms with Gasteiger partial charge in [0.15, 0.2) is 0 Å². The van der Waals surface area contributed by atoms with Crippen LogP contribution in [0.3, 0.4) is 0 Å². The molecule has 0 aromatic heterocycles. The van der Waals surface area contributed by atoms with Gasteiger partial charge < -0.3 is 10.2 Å². The zero-order valence-corrected chi connectivity index (χ0v) is 9.55. The molecule has 0 radical (unpaired) electrons. The molecule has 0 unspecified atom stereocenters. The van der Waals surface area contributed by atoms with Gasteiger partial charge in [-0.1, -0.05) is 6.42 Å². The van der Waals surface area contributed by atoms with Gasteiger partial charge >= 0.3 is 0 Å². The summed E-state index contributed by atoms with van der Waals surface area (Å²) in [5, 5.41) is 3.44. The lowest BCUT2D eigenvalue weighted by Crippen LogP contribution is -2.27. The van der Waals surface area contributed by atoms with E-state index in [0.29, 0.717) is 0 Å². The van der Waals surface area contributed by atoms with Gasteiger partial charge in [-0.2, -0.15) is 0 Å². The zero-order valence-electron chi connectivity index (χ0n) is 9.55. The largest absolute Gasteiger partial charge is 0.374 e. The monoisotopic (exact) mass is 197 g/mol. The first-order chi connectivity index (χ1) is 6.79. The molecule has 0 atom stereocenters. The molecule has 1 heterocycles. The lowest BCUT2D eigenvalue weighted by atomic mass is 10.2. The average Bonchev–Trinajstić information content (AvgIpc) is 2.40. The highest BCUT2D eigenvalue weighted by Crippen LogP contribution is 2.05. The topological polar surface area (TPSA) is 27.6 Å². The number of hydrogen-bond donors (Lipinski definition) is 1. The molecule has 82 valence electrons. The fourth-order valence-corrected chi connectivity index (χ4v) is 1.65. The highest BCUT2D eigenvalue weighted by molar-refractivity contribution is 5.82. The van der Waals surface area contributed by atoms with Crippen molar-refractivity contribution in [1.29, 1.82) is 0 Å². The Kier molecular flexibility index (Phi) is 5.60. The minimum Gasteiger partial charge on any atom is -0.374 e. The average molecular weight is 197 g/mol. The number of rotatable bonds is 4. The van der Waals surface area contributed by atoms with Crippen molar-refractivity contribution in [2.24, 2.45) is 4.99 Å². The van der Waals surface area contributed by atoms with Gasteiger partial charge in [-0.15, -0.1) is 0 Å². The second-order valence-corrected chi connectivity index (χ2v) is 4.22. The summed E-state index contributed by atoms with van der Waals surface area (Å²) in [6, 6.07) is 0. The van der Waals surface area contributed by atoms with Gasteiger partial charge in [0.25, 0.3) is 0 Å². The molecule has 0 bridgehead atoms. The molecule has 0 aromatic carbocycles. The molecule has 0 amide bonds. The predicted molar refractivity (Wildman–Crippen MR) is 61.9 cm³/mol. The molecule has 0 saturated heterocycles. The molecule has 0 fully saturated rings. The second-order valence-electron chi connectivity index (χ2n) is 4.22. The Morgan fingerprint density at radius 1 is 1.29 bits per heavy atom. The van der Waals surface area contributed by atoms with Crippen molar-refractivity contribution in [3.05, 3.63) is 0 Å². The first-order valence-corrected chi connectivity index (χ1v) is 5.71. The van der Waals surface area contributed by atoms with Gasteiger partial charge in [-0.05, 0) is 39.9 Å². The summed E-state index contributed by atoms with van der Waals surface area (Å²) in [5.74, 6) is 1.24. The maximum Gasteiger partial charge on any atom is 0.0963 e. The standard InChI is InChI=1S/C11H23N3/c1-14(2)10-6-9-13-11-7-4-3-5-8-12-11/h3-10H2,1-2H3,(H,12,13). The molecule has 3 heteroatoms. The van der Waals surface area contributed by atoms with Gasteiger partial charge in [-0.3, -0.25) is 4.99 Å². The van der Waals surface area contributed by atoms with Crippen molar-refractivity contribution in [3.63, 3.8) is 0 Å². The molecule has 1 aliphatic rings. The Balaban J connectivity index is 2.07. The maximum absolute atomic E-state index is 4.53. The number of aliphatic imine (C=N–C) groups is 1. The van der Waals surface area contributed by atoms with Gasteiger partial charge in [0.05, 0.1) is 5.84 Å². The summed E-state index contributed by atoms with van der Waals surface area (Å²) in [7, 11) is 4.23. The summed E-state index contributed by atoms with van der Waals surface area (Å²) < 4.78 is 0. The normalized spacial score (nSPS) is 17.8. The molecule has 0 aromatic rings. The first-order valence-electron chi connectivity index (χ1n) is 5.71. The third-order valence-electron chi connectivity index (χ3n) is 2.49. The Morgan fingerprint density at radius 2 is 2.14 bits per heavy atom. The van der Waals surface area contributed by atoms with Crippen LogP contribution >= 0.6 is 0 Å². The van der Waals surface area contributed by atoms with Crippen LogP contribution in [0.2, 0.25) is 0 Å². The molecule has 0 aliphatic carbocycles. The van der Waals surface area contributed by atoms with Crippen LogP contribution in [0.25, 0.3) is 0 Å². The number of amidine groups is 1. The van der Waals surface area contributed by atoms with E-state index in [1.807, 2.05) is 0 Å². The number of nitrogens with zero attached hydrogens (tertiary/aromatic N) is 2. The van der Waals surface area contributed by atoms with E-state index in [9.17, 15) is 0 Å². The van der Waals surface area contributed by atoms with Crippen LogP contribution in [0.4, 0.5) is 0 Å². The molecule has 1 rings (SSSR count). The summed E-state index contributed by atoms with van der Waals surface area (Å²) >= 11 is 0. The van der Waals surface area contributed by atoms with Crippen LogP contribution in [0.15, 0.2) is 4.99 Å². The Labute approximate surface area is 87.6 Å². The SMILES string of the molecule is CN(C)CCCNC1=NCCCCC1. The zero-order chi connectivity index (χ0) is 10.2. The van der Waals surface area contributed by atoms with E-state index >= 15 is 0 Å². The first kappa shape index (κ1) is 11.5. The third-order valence-corrected chi connectivity index (χ3v) is 2.49. The number of hydrogen-bond acceptors (Lipinski definition) is 3. The smallest absolute Gasteiger partial charge is 0.0963 e. The third kappa shape index (κ3) is 5.22. The van der Waals surface area contributed by atoms with E-state index in [-0.39, 0.29) is 0 Å². The van der Waals surface area contributed by atoms with Crippen LogP contribution in [0, 0.1) is 0 Å². The molecule has 3 nitrogen and oxygen atoms in total.